The van der Waals surface area contributed by atoms with Gasteiger partial charge in [0.15, 0.2) is 5.13 Å². The molecule has 0 aromatic carbocycles. The van der Waals surface area contributed by atoms with E-state index in [1.807, 2.05) is 36.8 Å². The van der Waals surface area contributed by atoms with Crippen molar-refractivity contribution in [1.29, 1.82) is 0 Å². The molecule has 5 rings (SSSR count). The highest BCUT2D eigenvalue weighted by Crippen LogP contribution is 2.30. The highest BCUT2D eigenvalue weighted by atomic mass is 32.1. The van der Waals surface area contributed by atoms with Crippen molar-refractivity contribution in [3.8, 4) is 16.5 Å². The topological polar surface area (TPSA) is 79.3 Å². The number of likely N-dealkylation sites (N-methyl/N-ethyl adjacent to an activating group) is 1. The Hall–Kier alpha value is -2.62. The van der Waals surface area contributed by atoms with Gasteiger partial charge in [0.25, 0.3) is 0 Å². The SMILES string of the molecule is CN1CCN(Cc2cnc(Nc3ncc(-c4cccc(OC5CCCC5)n4)s3)nc2)CC1. The first-order valence-electron chi connectivity index (χ1n) is 11.3. The molecule has 9 heteroatoms. The van der Waals surface area contributed by atoms with E-state index in [2.05, 4.69) is 42.1 Å². The summed E-state index contributed by atoms with van der Waals surface area (Å²) in [4.78, 5) is 23.9. The van der Waals surface area contributed by atoms with Crippen molar-refractivity contribution in [2.45, 2.75) is 38.3 Å². The Kier molecular flexibility index (Phi) is 6.56. The summed E-state index contributed by atoms with van der Waals surface area (Å²) in [7, 11) is 2.17. The molecule has 1 saturated heterocycles. The summed E-state index contributed by atoms with van der Waals surface area (Å²) < 4.78 is 6.04. The minimum atomic E-state index is 0.299. The molecule has 0 spiro atoms. The molecule has 2 fully saturated rings. The smallest absolute Gasteiger partial charge is 0.228 e. The fourth-order valence-electron chi connectivity index (χ4n) is 4.11. The van der Waals surface area contributed by atoms with Crippen LogP contribution in [0.15, 0.2) is 36.8 Å². The van der Waals surface area contributed by atoms with Crippen LogP contribution in [-0.4, -0.2) is 69.1 Å². The zero-order chi connectivity index (χ0) is 21.8. The largest absolute Gasteiger partial charge is 0.474 e. The lowest BCUT2D eigenvalue weighted by Gasteiger charge is -2.32. The van der Waals surface area contributed by atoms with Crippen LogP contribution in [0.3, 0.4) is 0 Å². The Morgan fingerprint density at radius 3 is 2.59 bits per heavy atom. The van der Waals surface area contributed by atoms with Crippen molar-refractivity contribution < 1.29 is 4.74 Å². The second-order valence-electron chi connectivity index (χ2n) is 8.53. The van der Waals surface area contributed by atoms with Crippen LogP contribution in [0, 0.1) is 0 Å². The van der Waals surface area contributed by atoms with Gasteiger partial charge < -0.3 is 15.0 Å². The Labute approximate surface area is 192 Å². The maximum atomic E-state index is 6.04. The Morgan fingerprint density at radius 1 is 1.03 bits per heavy atom. The van der Waals surface area contributed by atoms with Crippen LogP contribution in [0.4, 0.5) is 11.1 Å². The molecule has 1 aliphatic carbocycles. The molecule has 1 aliphatic heterocycles. The van der Waals surface area contributed by atoms with Crippen molar-refractivity contribution in [1.82, 2.24) is 29.7 Å². The summed E-state index contributed by atoms with van der Waals surface area (Å²) in [6, 6.07) is 5.91. The maximum Gasteiger partial charge on any atom is 0.228 e. The fourth-order valence-corrected chi connectivity index (χ4v) is 4.89. The van der Waals surface area contributed by atoms with Crippen molar-refractivity contribution in [2.24, 2.45) is 0 Å². The summed E-state index contributed by atoms with van der Waals surface area (Å²) in [5.41, 5.74) is 2.00. The third kappa shape index (κ3) is 5.40. The number of aromatic nitrogens is 4. The van der Waals surface area contributed by atoms with E-state index in [9.17, 15) is 0 Å². The number of thiazole rings is 1. The van der Waals surface area contributed by atoms with E-state index >= 15 is 0 Å². The van der Waals surface area contributed by atoms with Gasteiger partial charge in [-0.15, -0.1) is 0 Å². The minimum absolute atomic E-state index is 0.299. The van der Waals surface area contributed by atoms with E-state index in [4.69, 9.17) is 4.74 Å². The molecule has 1 saturated carbocycles. The van der Waals surface area contributed by atoms with Gasteiger partial charge in [0.2, 0.25) is 11.8 Å². The Balaban J connectivity index is 1.19. The molecule has 168 valence electrons. The van der Waals surface area contributed by atoms with Gasteiger partial charge in [-0.1, -0.05) is 17.4 Å². The summed E-state index contributed by atoms with van der Waals surface area (Å²) in [6.07, 6.45) is 10.6. The molecule has 32 heavy (non-hydrogen) atoms. The zero-order valence-corrected chi connectivity index (χ0v) is 19.2. The number of rotatable bonds is 7. The molecule has 1 N–H and O–H groups in total. The van der Waals surface area contributed by atoms with Gasteiger partial charge >= 0.3 is 0 Å². The van der Waals surface area contributed by atoms with E-state index in [0.717, 1.165) is 66.8 Å². The van der Waals surface area contributed by atoms with Crippen molar-refractivity contribution >= 4 is 22.4 Å². The quantitative estimate of drug-likeness (QED) is 0.581. The first-order valence-corrected chi connectivity index (χ1v) is 12.1. The number of pyridine rings is 1. The van der Waals surface area contributed by atoms with E-state index in [1.54, 1.807) is 0 Å². The molecule has 4 heterocycles. The van der Waals surface area contributed by atoms with Crippen LogP contribution in [0.25, 0.3) is 10.6 Å². The van der Waals surface area contributed by atoms with Crippen molar-refractivity contribution in [3.05, 3.63) is 42.4 Å². The van der Waals surface area contributed by atoms with Crippen LogP contribution in [0.1, 0.15) is 31.2 Å². The summed E-state index contributed by atoms with van der Waals surface area (Å²) in [6.45, 7) is 5.27. The van der Waals surface area contributed by atoms with Crippen LogP contribution in [-0.2, 0) is 6.54 Å². The monoisotopic (exact) mass is 451 g/mol. The normalized spacial score (nSPS) is 18.2. The van der Waals surface area contributed by atoms with Gasteiger partial charge in [-0.3, -0.25) is 4.90 Å². The maximum absolute atomic E-state index is 6.04. The molecule has 3 aromatic rings. The highest BCUT2D eigenvalue weighted by Gasteiger charge is 2.18. The van der Waals surface area contributed by atoms with Crippen molar-refractivity contribution in [3.63, 3.8) is 0 Å². The number of nitrogens with zero attached hydrogens (tertiary/aromatic N) is 6. The Morgan fingerprint density at radius 2 is 1.81 bits per heavy atom. The molecule has 0 unspecified atom stereocenters. The summed E-state index contributed by atoms with van der Waals surface area (Å²) in [5, 5.41) is 3.96. The first kappa shape index (κ1) is 21.2. The number of nitrogens with one attached hydrogen (secondary N) is 1. The molecular weight excluding hydrogens is 422 g/mol. The van der Waals surface area contributed by atoms with E-state index in [1.165, 1.54) is 24.2 Å². The predicted molar refractivity (Wildman–Crippen MR) is 126 cm³/mol. The van der Waals surface area contributed by atoms with Crippen molar-refractivity contribution in [2.75, 3.05) is 38.5 Å². The molecular formula is C23H29N7OS. The van der Waals surface area contributed by atoms with Gasteiger partial charge in [-0.2, -0.15) is 0 Å². The molecule has 8 nitrogen and oxygen atoms in total. The van der Waals surface area contributed by atoms with E-state index in [0.29, 0.717) is 17.9 Å². The standard InChI is InChI=1S/C23H29N7OS/c1-29-9-11-30(12-10-29)16-17-13-24-22(25-14-17)28-23-26-15-20(32-23)19-7-4-8-21(27-19)31-18-5-2-3-6-18/h4,7-8,13-15,18H,2-3,5-6,9-12,16H2,1H3,(H,24,25,26,28). The lowest BCUT2D eigenvalue weighted by atomic mass is 10.2. The number of hydrogen-bond acceptors (Lipinski definition) is 9. The van der Waals surface area contributed by atoms with E-state index < -0.39 is 0 Å². The lowest BCUT2D eigenvalue weighted by Crippen LogP contribution is -2.43. The summed E-state index contributed by atoms with van der Waals surface area (Å²) >= 11 is 1.53. The first-order chi connectivity index (χ1) is 15.7. The third-order valence-corrected chi connectivity index (χ3v) is 6.93. The fraction of sp³-hybridized carbons (Fsp3) is 0.478. The van der Waals surface area contributed by atoms with Gasteiger partial charge in [-0.05, 0) is 38.8 Å². The van der Waals surface area contributed by atoms with Gasteiger partial charge in [0, 0.05) is 62.9 Å². The van der Waals surface area contributed by atoms with Crippen LogP contribution in [0.2, 0.25) is 0 Å². The van der Waals surface area contributed by atoms with Crippen LogP contribution < -0.4 is 10.1 Å². The Bertz CT molecular complexity index is 1010. The number of hydrogen-bond donors (Lipinski definition) is 1. The second kappa shape index (κ2) is 9.89. The third-order valence-electron chi connectivity index (χ3n) is 6.00. The lowest BCUT2D eigenvalue weighted by molar-refractivity contribution is 0.148. The molecule has 0 bridgehead atoms. The molecule has 3 aromatic heterocycles. The highest BCUT2D eigenvalue weighted by molar-refractivity contribution is 7.18. The molecule has 0 radical (unpaired) electrons. The predicted octanol–water partition coefficient (Wildman–Crippen LogP) is 3.81. The summed E-state index contributed by atoms with van der Waals surface area (Å²) in [5.74, 6) is 1.25. The van der Waals surface area contributed by atoms with Gasteiger partial charge in [0.05, 0.1) is 10.6 Å². The zero-order valence-electron chi connectivity index (χ0n) is 18.4. The van der Waals surface area contributed by atoms with Gasteiger partial charge in [-0.25, -0.2) is 19.9 Å². The van der Waals surface area contributed by atoms with Crippen LogP contribution >= 0.6 is 11.3 Å². The van der Waals surface area contributed by atoms with E-state index in [-0.39, 0.29) is 0 Å². The molecule has 0 atom stereocenters. The molecule has 2 aliphatic rings. The number of ether oxygens (including phenoxy) is 1. The number of piperazine rings is 1. The van der Waals surface area contributed by atoms with Crippen LogP contribution in [0.5, 0.6) is 5.88 Å². The average molecular weight is 452 g/mol. The number of anilines is 2. The average Bonchev–Trinajstić information content (AvgIpc) is 3.49. The van der Waals surface area contributed by atoms with Gasteiger partial charge in [0.1, 0.15) is 6.10 Å². The minimum Gasteiger partial charge on any atom is -0.474 e. The molecule has 0 amide bonds. The second-order valence-corrected chi connectivity index (χ2v) is 9.57.